The average molecular weight is 162 g/mol. The van der Waals surface area contributed by atoms with E-state index in [0.717, 1.165) is 5.56 Å². The van der Waals surface area contributed by atoms with Crippen LogP contribution in [0.3, 0.4) is 0 Å². The molecule has 12 heavy (non-hydrogen) atoms. The van der Waals surface area contributed by atoms with E-state index in [2.05, 4.69) is 0 Å². The smallest absolute Gasteiger partial charge is 0.163 e. The van der Waals surface area contributed by atoms with Gasteiger partial charge in [0.15, 0.2) is 5.78 Å². The molecule has 0 aliphatic heterocycles. The fourth-order valence-electron chi connectivity index (χ4n) is 1.71. The number of aromatic hydroxyl groups is 1. The molecule has 0 bridgehead atoms. The summed E-state index contributed by atoms with van der Waals surface area (Å²) in [6.45, 7) is 2.03. The summed E-state index contributed by atoms with van der Waals surface area (Å²) in [6.07, 6.45) is 0.582. The van der Waals surface area contributed by atoms with Gasteiger partial charge < -0.3 is 5.11 Å². The van der Waals surface area contributed by atoms with Gasteiger partial charge in [-0.05, 0) is 23.6 Å². The highest BCUT2D eigenvalue weighted by Crippen LogP contribution is 2.34. The number of hydrogen-bond donors (Lipinski definition) is 1. The lowest BCUT2D eigenvalue weighted by atomic mass is 10.0. The van der Waals surface area contributed by atoms with Gasteiger partial charge in [0.05, 0.1) is 0 Å². The van der Waals surface area contributed by atoms with E-state index in [4.69, 9.17) is 5.11 Å². The van der Waals surface area contributed by atoms with Gasteiger partial charge in [0, 0.05) is 12.0 Å². The zero-order chi connectivity index (χ0) is 8.72. The number of phenols is 1. The molecule has 1 atom stereocenters. The summed E-state index contributed by atoms with van der Waals surface area (Å²) in [5.74, 6) is 0.637. The molecule has 0 amide bonds. The molecular weight excluding hydrogens is 152 g/mol. The van der Waals surface area contributed by atoms with Gasteiger partial charge in [-0.25, -0.2) is 0 Å². The van der Waals surface area contributed by atoms with Crippen LogP contribution in [0.25, 0.3) is 0 Å². The first-order chi connectivity index (χ1) is 5.68. The largest absolute Gasteiger partial charge is 0.508 e. The van der Waals surface area contributed by atoms with E-state index in [0.29, 0.717) is 17.9 Å². The van der Waals surface area contributed by atoms with Crippen LogP contribution < -0.4 is 0 Å². The Morgan fingerprint density at radius 2 is 2.25 bits per heavy atom. The number of benzene rings is 1. The lowest BCUT2D eigenvalue weighted by molar-refractivity contribution is 0.0990. The second-order valence-corrected chi connectivity index (χ2v) is 3.30. The van der Waals surface area contributed by atoms with Crippen molar-refractivity contribution in [3.05, 3.63) is 29.3 Å². The Morgan fingerprint density at radius 3 is 3.00 bits per heavy atom. The van der Waals surface area contributed by atoms with Crippen LogP contribution in [0.15, 0.2) is 18.2 Å². The minimum Gasteiger partial charge on any atom is -0.508 e. The monoisotopic (exact) mass is 162 g/mol. The first kappa shape index (κ1) is 7.35. The second kappa shape index (κ2) is 2.34. The van der Waals surface area contributed by atoms with Crippen molar-refractivity contribution in [2.24, 2.45) is 0 Å². The minimum atomic E-state index is 0.147. The minimum absolute atomic E-state index is 0.147. The zero-order valence-corrected chi connectivity index (χ0v) is 6.87. The highest BCUT2D eigenvalue weighted by molar-refractivity contribution is 6.01. The summed E-state index contributed by atoms with van der Waals surface area (Å²) < 4.78 is 0. The Hall–Kier alpha value is -1.31. The van der Waals surface area contributed by atoms with E-state index in [9.17, 15) is 4.79 Å². The molecule has 0 heterocycles. The van der Waals surface area contributed by atoms with Crippen LogP contribution >= 0.6 is 0 Å². The number of carbonyl (C=O) groups excluding carboxylic acids is 1. The number of phenolic OH excluding ortho intramolecular Hbond substituents is 1. The molecule has 2 nitrogen and oxygen atoms in total. The molecular formula is C10H10O2. The maximum absolute atomic E-state index is 11.3. The number of fused-ring (bicyclic) bond motifs is 1. The van der Waals surface area contributed by atoms with E-state index in [-0.39, 0.29) is 11.5 Å². The molecule has 2 rings (SSSR count). The van der Waals surface area contributed by atoms with E-state index >= 15 is 0 Å². The van der Waals surface area contributed by atoms with Crippen molar-refractivity contribution >= 4 is 5.78 Å². The van der Waals surface area contributed by atoms with Crippen LogP contribution in [-0.2, 0) is 0 Å². The van der Waals surface area contributed by atoms with Crippen LogP contribution in [0.1, 0.15) is 35.2 Å². The summed E-state index contributed by atoms with van der Waals surface area (Å²) >= 11 is 0. The molecule has 0 saturated heterocycles. The van der Waals surface area contributed by atoms with Gasteiger partial charge in [-0.3, -0.25) is 4.79 Å². The SMILES string of the molecule is C[C@H]1CC(=O)c2cc(O)ccc21. The molecule has 0 fully saturated rings. The lowest BCUT2D eigenvalue weighted by Gasteiger charge is -2.01. The molecule has 62 valence electrons. The number of Topliss-reactive ketones (excluding diaryl/α,β-unsaturated/α-hetero) is 1. The Labute approximate surface area is 70.8 Å². The fraction of sp³-hybridized carbons (Fsp3) is 0.300. The highest BCUT2D eigenvalue weighted by atomic mass is 16.3. The van der Waals surface area contributed by atoms with Crippen molar-refractivity contribution in [1.29, 1.82) is 0 Å². The zero-order valence-electron chi connectivity index (χ0n) is 6.87. The predicted molar refractivity (Wildman–Crippen MR) is 45.5 cm³/mol. The van der Waals surface area contributed by atoms with Gasteiger partial charge in [-0.15, -0.1) is 0 Å². The van der Waals surface area contributed by atoms with Crippen molar-refractivity contribution in [1.82, 2.24) is 0 Å². The summed E-state index contributed by atoms with van der Waals surface area (Å²) in [6, 6.07) is 5.02. The van der Waals surface area contributed by atoms with Crippen LogP contribution in [0.5, 0.6) is 5.75 Å². The molecule has 1 aliphatic rings. The summed E-state index contributed by atoms with van der Waals surface area (Å²) in [4.78, 5) is 11.3. The topological polar surface area (TPSA) is 37.3 Å². The van der Waals surface area contributed by atoms with Crippen molar-refractivity contribution < 1.29 is 9.90 Å². The molecule has 1 aliphatic carbocycles. The number of ketones is 1. The molecule has 1 N–H and O–H groups in total. The predicted octanol–water partition coefficient (Wildman–Crippen LogP) is 2.08. The molecule has 0 unspecified atom stereocenters. The van der Waals surface area contributed by atoms with Crippen molar-refractivity contribution in [2.45, 2.75) is 19.3 Å². The van der Waals surface area contributed by atoms with Crippen LogP contribution in [0.2, 0.25) is 0 Å². The molecule has 1 aromatic carbocycles. The summed E-state index contributed by atoms with van der Waals surface area (Å²) in [7, 11) is 0. The van der Waals surface area contributed by atoms with Crippen LogP contribution in [0.4, 0.5) is 0 Å². The maximum Gasteiger partial charge on any atom is 0.163 e. The van der Waals surface area contributed by atoms with Crippen molar-refractivity contribution in [2.75, 3.05) is 0 Å². The first-order valence-corrected chi connectivity index (χ1v) is 4.04. The van der Waals surface area contributed by atoms with Crippen molar-refractivity contribution in [3.8, 4) is 5.75 Å². The van der Waals surface area contributed by atoms with Crippen LogP contribution in [0, 0.1) is 0 Å². The molecule has 2 heteroatoms. The highest BCUT2D eigenvalue weighted by Gasteiger charge is 2.25. The van der Waals surface area contributed by atoms with Gasteiger partial charge in [0.1, 0.15) is 5.75 Å². The van der Waals surface area contributed by atoms with Gasteiger partial charge in [-0.1, -0.05) is 13.0 Å². The Bertz CT molecular complexity index is 342. The molecule has 0 spiro atoms. The van der Waals surface area contributed by atoms with E-state index in [1.54, 1.807) is 12.1 Å². The Morgan fingerprint density at radius 1 is 1.50 bits per heavy atom. The van der Waals surface area contributed by atoms with Gasteiger partial charge in [0.25, 0.3) is 0 Å². The van der Waals surface area contributed by atoms with Gasteiger partial charge in [0.2, 0.25) is 0 Å². The normalized spacial score (nSPS) is 21.1. The molecule has 1 aromatic rings. The molecule has 0 radical (unpaired) electrons. The van der Waals surface area contributed by atoms with Gasteiger partial charge in [-0.2, -0.15) is 0 Å². The first-order valence-electron chi connectivity index (χ1n) is 4.04. The van der Waals surface area contributed by atoms with Gasteiger partial charge >= 0.3 is 0 Å². The van der Waals surface area contributed by atoms with Crippen molar-refractivity contribution in [3.63, 3.8) is 0 Å². The third-order valence-electron chi connectivity index (χ3n) is 2.36. The van der Waals surface area contributed by atoms with Crippen LogP contribution in [-0.4, -0.2) is 10.9 Å². The standard InChI is InChI=1S/C10H10O2/c1-6-4-10(12)9-5-7(11)2-3-8(6)9/h2-3,5-6,11H,4H2,1H3/t6-/m0/s1. The maximum atomic E-state index is 11.3. The van der Waals surface area contributed by atoms with E-state index in [1.807, 2.05) is 13.0 Å². The van der Waals surface area contributed by atoms with E-state index in [1.165, 1.54) is 0 Å². The Kier molecular flexibility index (Phi) is 1.43. The lowest BCUT2D eigenvalue weighted by Crippen LogP contribution is -1.89. The number of hydrogen-bond acceptors (Lipinski definition) is 2. The molecule has 0 saturated carbocycles. The Balaban J connectivity index is 2.60. The average Bonchev–Trinajstić information content (AvgIpc) is 2.28. The fourth-order valence-corrected chi connectivity index (χ4v) is 1.71. The third kappa shape index (κ3) is 0.916. The quantitative estimate of drug-likeness (QED) is 0.634. The second-order valence-electron chi connectivity index (χ2n) is 3.30. The van der Waals surface area contributed by atoms with E-state index < -0.39 is 0 Å². The summed E-state index contributed by atoms with van der Waals surface area (Å²) in [5.41, 5.74) is 1.76. The number of rotatable bonds is 0. The summed E-state index contributed by atoms with van der Waals surface area (Å²) in [5, 5.41) is 9.15. The number of carbonyl (C=O) groups is 1. The third-order valence-corrected chi connectivity index (χ3v) is 2.36. The molecule has 0 aromatic heterocycles.